The molecule has 9 heteroatoms. The van der Waals surface area contributed by atoms with Crippen molar-refractivity contribution in [2.24, 2.45) is 0 Å². The molecule has 0 radical (unpaired) electrons. The molecule has 0 spiro atoms. The van der Waals surface area contributed by atoms with Crippen LogP contribution in [0, 0.1) is 0 Å². The molecule has 1 aliphatic rings. The van der Waals surface area contributed by atoms with Crippen LogP contribution in [0.15, 0.2) is 59.6 Å². The Labute approximate surface area is 187 Å². The number of fused-ring (bicyclic) bond motifs is 1. The molecule has 1 aliphatic heterocycles. The second-order valence-electron chi connectivity index (χ2n) is 7.47. The maximum Gasteiger partial charge on any atom is 0.243 e. The predicted molar refractivity (Wildman–Crippen MR) is 120 cm³/mol. The highest BCUT2D eigenvalue weighted by molar-refractivity contribution is 7.89. The van der Waals surface area contributed by atoms with Crippen molar-refractivity contribution in [3.05, 3.63) is 60.3 Å². The van der Waals surface area contributed by atoms with Gasteiger partial charge in [0, 0.05) is 43.8 Å². The highest BCUT2D eigenvalue weighted by Gasteiger charge is 2.31. The van der Waals surface area contributed by atoms with E-state index >= 15 is 0 Å². The highest BCUT2D eigenvalue weighted by Crippen LogP contribution is 2.31. The van der Waals surface area contributed by atoms with Gasteiger partial charge < -0.3 is 14.4 Å². The van der Waals surface area contributed by atoms with E-state index in [1.165, 1.54) is 30.7 Å². The van der Waals surface area contributed by atoms with E-state index in [-0.39, 0.29) is 30.3 Å². The van der Waals surface area contributed by atoms with E-state index < -0.39 is 10.0 Å². The minimum atomic E-state index is -3.71. The van der Waals surface area contributed by atoms with Crippen LogP contribution in [0.2, 0.25) is 0 Å². The Bertz CT molecular complexity index is 1230. The predicted octanol–water partition coefficient (Wildman–Crippen LogP) is 2.33. The molecule has 1 amide bonds. The maximum absolute atomic E-state index is 13.1. The van der Waals surface area contributed by atoms with Crippen LogP contribution in [0.5, 0.6) is 11.5 Å². The van der Waals surface area contributed by atoms with Crippen LogP contribution in [0.25, 0.3) is 10.9 Å². The third-order valence-corrected chi connectivity index (χ3v) is 7.54. The molecule has 3 aromatic rings. The minimum absolute atomic E-state index is 0.0358. The van der Waals surface area contributed by atoms with Crippen molar-refractivity contribution in [2.45, 2.75) is 11.3 Å². The first-order chi connectivity index (χ1) is 15.4. The van der Waals surface area contributed by atoms with Crippen LogP contribution in [0.1, 0.15) is 5.56 Å². The molecule has 1 fully saturated rings. The van der Waals surface area contributed by atoms with Gasteiger partial charge in [0.25, 0.3) is 0 Å². The number of nitrogens with zero attached hydrogens (tertiary/aromatic N) is 3. The van der Waals surface area contributed by atoms with Crippen LogP contribution in [0.3, 0.4) is 0 Å². The number of hydrogen-bond acceptors (Lipinski definition) is 6. The lowest BCUT2D eigenvalue weighted by Gasteiger charge is -2.34. The zero-order chi connectivity index (χ0) is 22.7. The Balaban J connectivity index is 1.44. The Morgan fingerprint density at radius 2 is 1.69 bits per heavy atom. The van der Waals surface area contributed by atoms with Crippen molar-refractivity contribution in [3.63, 3.8) is 0 Å². The number of aromatic nitrogens is 1. The van der Waals surface area contributed by atoms with E-state index in [0.29, 0.717) is 24.6 Å². The Kier molecular flexibility index (Phi) is 6.29. The van der Waals surface area contributed by atoms with Gasteiger partial charge in [-0.2, -0.15) is 4.31 Å². The van der Waals surface area contributed by atoms with Gasteiger partial charge in [0.1, 0.15) is 0 Å². The van der Waals surface area contributed by atoms with E-state index in [2.05, 4.69) is 4.98 Å². The highest BCUT2D eigenvalue weighted by atomic mass is 32.2. The van der Waals surface area contributed by atoms with E-state index in [1.54, 1.807) is 17.2 Å². The summed E-state index contributed by atoms with van der Waals surface area (Å²) in [7, 11) is -0.748. The van der Waals surface area contributed by atoms with Gasteiger partial charge in [0.2, 0.25) is 15.9 Å². The molecule has 2 aromatic carbocycles. The van der Waals surface area contributed by atoms with Crippen molar-refractivity contribution < 1.29 is 22.7 Å². The van der Waals surface area contributed by atoms with Gasteiger partial charge in [-0.3, -0.25) is 9.78 Å². The molecule has 0 atom stereocenters. The lowest BCUT2D eigenvalue weighted by Crippen LogP contribution is -2.50. The number of methoxy groups -OCH3 is 2. The van der Waals surface area contributed by atoms with Crippen molar-refractivity contribution in [3.8, 4) is 11.5 Å². The number of ether oxygens (including phenoxy) is 2. The molecule has 4 rings (SSSR count). The standard InChI is InChI=1S/C23H25N3O5S/c1-30-20-9-8-19(16-21(20)31-2)32(28,29)26-13-11-25(12-14-26)22(27)15-18-6-3-5-17-7-4-10-24-23(17)18/h3-10,16H,11-15H2,1-2H3. The van der Waals surface area contributed by atoms with Gasteiger partial charge in [-0.1, -0.05) is 24.3 Å². The monoisotopic (exact) mass is 455 g/mol. The third kappa shape index (κ3) is 4.26. The van der Waals surface area contributed by atoms with Gasteiger partial charge in [0.05, 0.1) is 31.1 Å². The molecular formula is C23H25N3O5S. The third-order valence-electron chi connectivity index (χ3n) is 5.64. The van der Waals surface area contributed by atoms with E-state index in [9.17, 15) is 13.2 Å². The fourth-order valence-electron chi connectivity index (χ4n) is 3.89. The van der Waals surface area contributed by atoms with E-state index in [0.717, 1.165) is 16.5 Å². The molecule has 1 aromatic heterocycles. The minimum Gasteiger partial charge on any atom is -0.493 e. The average Bonchev–Trinajstić information content (AvgIpc) is 2.83. The number of carbonyl (C=O) groups is 1. The molecule has 1 saturated heterocycles. The quantitative estimate of drug-likeness (QED) is 0.567. The number of benzene rings is 2. The summed E-state index contributed by atoms with van der Waals surface area (Å²) in [5.41, 5.74) is 1.69. The van der Waals surface area contributed by atoms with Crippen LogP contribution in [-0.4, -0.2) is 68.9 Å². The molecule has 0 aliphatic carbocycles. The molecule has 8 nitrogen and oxygen atoms in total. The SMILES string of the molecule is COc1ccc(S(=O)(=O)N2CCN(C(=O)Cc3cccc4cccnc34)CC2)cc1OC. The first-order valence-corrected chi connectivity index (χ1v) is 11.7. The number of hydrogen-bond donors (Lipinski definition) is 0. The average molecular weight is 456 g/mol. The van der Waals surface area contributed by atoms with Crippen LogP contribution < -0.4 is 9.47 Å². The lowest BCUT2D eigenvalue weighted by molar-refractivity contribution is -0.131. The normalized spacial score (nSPS) is 15.0. The first kappa shape index (κ1) is 22.0. The number of para-hydroxylation sites is 1. The molecule has 32 heavy (non-hydrogen) atoms. The Morgan fingerprint density at radius 1 is 0.969 bits per heavy atom. The van der Waals surface area contributed by atoms with Crippen LogP contribution in [0.4, 0.5) is 0 Å². The molecule has 168 valence electrons. The summed E-state index contributed by atoms with van der Waals surface area (Å²) in [4.78, 5) is 19.1. The van der Waals surface area contributed by atoms with Crippen LogP contribution >= 0.6 is 0 Å². The number of sulfonamides is 1. The van der Waals surface area contributed by atoms with Crippen molar-refractivity contribution in [2.75, 3.05) is 40.4 Å². The zero-order valence-electron chi connectivity index (χ0n) is 18.0. The molecule has 0 unspecified atom stereocenters. The molecule has 0 bridgehead atoms. The maximum atomic E-state index is 13.1. The summed E-state index contributed by atoms with van der Waals surface area (Å²) in [5, 5.41) is 0.989. The fourth-order valence-corrected chi connectivity index (χ4v) is 5.33. The van der Waals surface area contributed by atoms with Crippen molar-refractivity contribution in [1.82, 2.24) is 14.2 Å². The van der Waals surface area contributed by atoms with Gasteiger partial charge in [-0.05, 0) is 23.8 Å². The second-order valence-corrected chi connectivity index (χ2v) is 9.41. The van der Waals surface area contributed by atoms with Crippen LogP contribution in [-0.2, 0) is 21.2 Å². The molecule has 2 heterocycles. The van der Waals surface area contributed by atoms with Gasteiger partial charge >= 0.3 is 0 Å². The Morgan fingerprint density at radius 3 is 2.41 bits per heavy atom. The van der Waals surface area contributed by atoms with Gasteiger partial charge in [0.15, 0.2) is 11.5 Å². The lowest BCUT2D eigenvalue weighted by atomic mass is 10.1. The number of rotatable bonds is 6. The summed E-state index contributed by atoms with van der Waals surface area (Å²) < 4.78 is 38.0. The fraction of sp³-hybridized carbons (Fsp3) is 0.304. The summed E-state index contributed by atoms with van der Waals surface area (Å²) in [6.07, 6.45) is 1.95. The number of pyridine rings is 1. The summed E-state index contributed by atoms with van der Waals surface area (Å²) in [6, 6.07) is 14.2. The smallest absolute Gasteiger partial charge is 0.243 e. The molecule has 0 N–H and O–H groups in total. The number of amides is 1. The Hall–Kier alpha value is -3.17. The van der Waals surface area contributed by atoms with Gasteiger partial charge in [-0.15, -0.1) is 0 Å². The summed E-state index contributed by atoms with van der Waals surface area (Å²) in [6.45, 7) is 1.14. The molecule has 0 saturated carbocycles. The summed E-state index contributed by atoms with van der Waals surface area (Å²) >= 11 is 0. The number of carbonyl (C=O) groups excluding carboxylic acids is 1. The molecular weight excluding hydrogens is 430 g/mol. The topological polar surface area (TPSA) is 89.0 Å². The largest absolute Gasteiger partial charge is 0.493 e. The number of piperazine rings is 1. The van der Waals surface area contributed by atoms with Crippen molar-refractivity contribution in [1.29, 1.82) is 0 Å². The first-order valence-electron chi connectivity index (χ1n) is 10.3. The zero-order valence-corrected chi connectivity index (χ0v) is 18.8. The summed E-state index contributed by atoms with van der Waals surface area (Å²) in [5.74, 6) is 0.780. The van der Waals surface area contributed by atoms with Gasteiger partial charge in [-0.25, -0.2) is 8.42 Å². The second kappa shape index (κ2) is 9.13. The van der Waals surface area contributed by atoms with E-state index in [1.807, 2.05) is 30.3 Å². The van der Waals surface area contributed by atoms with E-state index in [4.69, 9.17) is 9.47 Å². The van der Waals surface area contributed by atoms with Crippen molar-refractivity contribution >= 4 is 26.8 Å².